The van der Waals surface area contributed by atoms with Crippen LogP contribution in [0.4, 0.5) is 0 Å². The molecule has 1 aromatic heterocycles. The number of aliphatic carboxylic acids is 1. The zero-order chi connectivity index (χ0) is 12.0. The van der Waals surface area contributed by atoms with Crippen molar-refractivity contribution in [2.45, 2.75) is 17.9 Å². The van der Waals surface area contributed by atoms with Gasteiger partial charge in [-0.1, -0.05) is 0 Å². The van der Waals surface area contributed by atoms with Crippen LogP contribution in [0.3, 0.4) is 0 Å². The predicted octanol–water partition coefficient (Wildman–Crippen LogP) is 0.763. The first-order valence-corrected chi connectivity index (χ1v) is 5.63. The van der Waals surface area contributed by atoms with Gasteiger partial charge in [0.15, 0.2) is 0 Å². The van der Waals surface area contributed by atoms with Crippen LogP contribution >= 0.6 is 11.8 Å². The molecule has 0 aliphatic carbocycles. The first kappa shape index (κ1) is 12.5. The lowest BCUT2D eigenvalue weighted by molar-refractivity contribution is -0.140. The van der Waals surface area contributed by atoms with E-state index in [1.807, 2.05) is 0 Å². The van der Waals surface area contributed by atoms with Crippen LogP contribution in [0.5, 0.6) is 0 Å². The molecule has 16 heavy (non-hydrogen) atoms. The Morgan fingerprint density at radius 1 is 1.50 bits per heavy atom. The van der Waals surface area contributed by atoms with E-state index in [1.54, 1.807) is 24.5 Å². The maximum Gasteiger partial charge on any atom is 0.325 e. The Morgan fingerprint density at radius 2 is 2.12 bits per heavy atom. The number of nitrogens with one attached hydrogen (secondary N) is 1. The number of hydrogen-bond acceptors (Lipinski definition) is 4. The molecule has 0 radical (unpaired) electrons. The van der Waals surface area contributed by atoms with Crippen molar-refractivity contribution in [2.24, 2.45) is 0 Å². The Kier molecular flexibility index (Phi) is 4.78. The van der Waals surface area contributed by atoms with Gasteiger partial charge in [-0.05, 0) is 19.1 Å². The molecule has 0 spiro atoms. The van der Waals surface area contributed by atoms with Gasteiger partial charge in [-0.25, -0.2) is 0 Å². The molecule has 0 unspecified atom stereocenters. The summed E-state index contributed by atoms with van der Waals surface area (Å²) in [5.74, 6) is -1.14. The molecule has 1 amide bonds. The highest BCUT2D eigenvalue weighted by Crippen LogP contribution is 2.15. The second kappa shape index (κ2) is 6.12. The fourth-order valence-corrected chi connectivity index (χ4v) is 1.62. The smallest absolute Gasteiger partial charge is 0.325 e. The summed E-state index contributed by atoms with van der Waals surface area (Å²) in [6.07, 6.45) is 3.28. The van der Waals surface area contributed by atoms with Crippen LogP contribution in [-0.4, -0.2) is 33.8 Å². The number of rotatable bonds is 5. The van der Waals surface area contributed by atoms with Gasteiger partial charge in [0.2, 0.25) is 5.91 Å². The number of thioether (sulfide) groups is 1. The standard InChI is InChI=1S/C10H12N2O3S/c1-7(10(14)15)12-9(13)6-16-8-2-4-11-5-3-8/h2-5,7H,6H2,1H3,(H,12,13)(H,14,15)/t7-/m1/s1. The first-order valence-electron chi connectivity index (χ1n) is 4.64. The van der Waals surface area contributed by atoms with Crippen molar-refractivity contribution in [3.8, 4) is 0 Å². The summed E-state index contributed by atoms with van der Waals surface area (Å²) in [6.45, 7) is 1.43. The molecule has 0 fully saturated rings. The summed E-state index contributed by atoms with van der Waals surface area (Å²) >= 11 is 1.34. The zero-order valence-electron chi connectivity index (χ0n) is 8.71. The molecule has 0 aromatic carbocycles. The van der Waals surface area contributed by atoms with E-state index in [2.05, 4.69) is 10.3 Å². The van der Waals surface area contributed by atoms with Gasteiger partial charge < -0.3 is 10.4 Å². The van der Waals surface area contributed by atoms with Crippen LogP contribution in [0.25, 0.3) is 0 Å². The van der Waals surface area contributed by atoms with Crippen LogP contribution in [0.2, 0.25) is 0 Å². The summed E-state index contributed by atoms with van der Waals surface area (Å²) in [4.78, 5) is 26.6. The molecule has 2 N–H and O–H groups in total. The molecule has 0 saturated heterocycles. The highest BCUT2D eigenvalue weighted by atomic mass is 32.2. The van der Waals surface area contributed by atoms with Crippen LogP contribution in [0.1, 0.15) is 6.92 Å². The predicted molar refractivity (Wildman–Crippen MR) is 60.2 cm³/mol. The van der Waals surface area contributed by atoms with Gasteiger partial charge in [0.05, 0.1) is 5.75 Å². The Hall–Kier alpha value is -1.56. The molecule has 6 heteroatoms. The van der Waals surface area contributed by atoms with Crippen molar-refractivity contribution in [1.29, 1.82) is 0 Å². The van der Waals surface area contributed by atoms with Crippen LogP contribution < -0.4 is 5.32 Å². The minimum atomic E-state index is -1.04. The number of carbonyl (C=O) groups is 2. The summed E-state index contributed by atoms with van der Waals surface area (Å²) < 4.78 is 0. The first-order chi connectivity index (χ1) is 7.59. The van der Waals surface area contributed by atoms with Gasteiger partial charge in [-0.3, -0.25) is 14.6 Å². The van der Waals surface area contributed by atoms with Crippen molar-refractivity contribution >= 4 is 23.6 Å². The van der Waals surface area contributed by atoms with Crippen molar-refractivity contribution < 1.29 is 14.7 Å². The highest BCUT2D eigenvalue weighted by molar-refractivity contribution is 8.00. The Balaban J connectivity index is 2.33. The lowest BCUT2D eigenvalue weighted by atomic mass is 10.3. The molecule has 1 aromatic rings. The van der Waals surface area contributed by atoms with Gasteiger partial charge >= 0.3 is 5.97 Å². The number of amides is 1. The van der Waals surface area contributed by atoms with Gasteiger partial charge in [-0.2, -0.15) is 0 Å². The van der Waals surface area contributed by atoms with Gasteiger partial charge in [0.1, 0.15) is 6.04 Å². The number of pyridine rings is 1. The highest BCUT2D eigenvalue weighted by Gasteiger charge is 2.13. The molecule has 0 aliphatic rings. The van der Waals surface area contributed by atoms with Crippen LogP contribution in [0.15, 0.2) is 29.4 Å². The van der Waals surface area contributed by atoms with E-state index in [0.717, 1.165) is 4.90 Å². The second-order valence-electron chi connectivity index (χ2n) is 3.10. The van der Waals surface area contributed by atoms with Crippen molar-refractivity contribution in [2.75, 3.05) is 5.75 Å². The lowest BCUT2D eigenvalue weighted by Crippen LogP contribution is -2.39. The molecule has 1 atom stereocenters. The summed E-state index contributed by atoms with van der Waals surface area (Å²) in [7, 11) is 0. The monoisotopic (exact) mass is 240 g/mol. The minimum Gasteiger partial charge on any atom is -0.480 e. The third-order valence-corrected chi connectivity index (χ3v) is 2.78. The maximum absolute atomic E-state index is 11.3. The maximum atomic E-state index is 11.3. The Bertz CT molecular complexity index is 370. The van der Waals surface area contributed by atoms with Gasteiger partial charge in [0.25, 0.3) is 0 Å². The van der Waals surface area contributed by atoms with E-state index >= 15 is 0 Å². The summed E-state index contributed by atoms with van der Waals surface area (Å²) in [5.41, 5.74) is 0. The Labute approximate surface area is 97.3 Å². The largest absolute Gasteiger partial charge is 0.480 e. The molecule has 86 valence electrons. The van der Waals surface area contributed by atoms with E-state index in [1.165, 1.54) is 18.7 Å². The quantitative estimate of drug-likeness (QED) is 0.743. The normalized spacial score (nSPS) is 11.8. The number of nitrogens with zero attached hydrogens (tertiary/aromatic N) is 1. The molecule has 0 bridgehead atoms. The molecule has 0 aliphatic heterocycles. The average Bonchev–Trinajstić information content (AvgIpc) is 2.27. The van der Waals surface area contributed by atoms with Gasteiger partial charge in [0, 0.05) is 17.3 Å². The van der Waals surface area contributed by atoms with Crippen LogP contribution in [0, 0.1) is 0 Å². The number of carboxylic acid groups (broad SMARTS) is 1. The number of aromatic nitrogens is 1. The van der Waals surface area contributed by atoms with Crippen LogP contribution in [-0.2, 0) is 9.59 Å². The van der Waals surface area contributed by atoms with Crippen molar-refractivity contribution in [3.05, 3.63) is 24.5 Å². The summed E-state index contributed by atoms with van der Waals surface area (Å²) in [6, 6.07) is 2.72. The van der Waals surface area contributed by atoms with E-state index in [0.29, 0.717) is 0 Å². The molecular formula is C10H12N2O3S. The molecular weight excluding hydrogens is 228 g/mol. The third-order valence-electron chi connectivity index (χ3n) is 1.77. The lowest BCUT2D eigenvalue weighted by Gasteiger charge is -2.08. The van der Waals surface area contributed by atoms with E-state index in [9.17, 15) is 9.59 Å². The second-order valence-corrected chi connectivity index (χ2v) is 4.15. The van der Waals surface area contributed by atoms with Crippen molar-refractivity contribution in [3.63, 3.8) is 0 Å². The van der Waals surface area contributed by atoms with E-state index in [-0.39, 0.29) is 11.7 Å². The summed E-state index contributed by atoms with van der Waals surface area (Å²) in [5, 5.41) is 11.0. The minimum absolute atomic E-state index is 0.196. The van der Waals surface area contributed by atoms with Gasteiger partial charge in [-0.15, -0.1) is 11.8 Å². The molecule has 5 nitrogen and oxygen atoms in total. The Morgan fingerprint density at radius 3 is 2.69 bits per heavy atom. The topological polar surface area (TPSA) is 79.3 Å². The SMILES string of the molecule is C[C@@H](NC(=O)CSc1ccncc1)C(=O)O. The number of carbonyl (C=O) groups excluding carboxylic acids is 1. The number of hydrogen-bond donors (Lipinski definition) is 2. The van der Waals surface area contributed by atoms with Crippen molar-refractivity contribution in [1.82, 2.24) is 10.3 Å². The zero-order valence-corrected chi connectivity index (χ0v) is 9.53. The van der Waals surface area contributed by atoms with E-state index < -0.39 is 12.0 Å². The molecule has 0 saturated carbocycles. The number of carboxylic acids is 1. The average molecular weight is 240 g/mol. The van der Waals surface area contributed by atoms with E-state index in [4.69, 9.17) is 5.11 Å². The third kappa shape index (κ3) is 4.31. The molecule has 1 rings (SSSR count). The fraction of sp³-hybridized carbons (Fsp3) is 0.300. The fourth-order valence-electron chi connectivity index (χ4n) is 0.928. The molecule has 1 heterocycles.